The molecule has 4 nitrogen and oxygen atoms in total. The molecular formula is C21H18ClNO3S. The molecule has 1 amide bonds. The molecule has 138 valence electrons. The van der Waals surface area contributed by atoms with Gasteiger partial charge < -0.3 is 10.1 Å². The number of carbonyl (C=O) groups excluding carboxylic acids is 2. The van der Waals surface area contributed by atoms with Crippen LogP contribution in [0, 0.1) is 6.92 Å². The molecule has 0 fully saturated rings. The topological polar surface area (TPSA) is 55.4 Å². The molecule has 0 aliphatic heterocycles. The standard InChI is InChI=1S/C21H18ClNO3S/c1-13-3-5-15(6-4-13)18-11-12-27-19(18)21(25)26-14(2)20(24)23-17-9-7-16(22)8-10-17/h3-12,14H,1-2H3,(H,23,24)/t14-/m1/s1. The van der Waals surface area contributed by atoms with Crippen molar-refractivity contribution in [2.75, 3.05) is 5.32 Å². The Labute approximate surface area is 166 Å². The second kappa shape index (κ2) is 8.37. The first-order valence-corrected chi connectivity index (χ1v) is 9.62. The van der Waals surface area contributed by atoms with Crippen LogP contribution < -0.4 is 5.32 Å². The van der Waals surface area contributed by atoms with E-state index in [2.05, 4.69) is 5.32 Å². The van der Waals surface area contributed by atoms with Crippen molar-refractivity contribution >= 4 is 40.5 Å². The quantitative estimate of drug-likeness (QED) is 0.571. The molecule has 1 atom stereocenters. The lowest BCUT2D eigenvalue weighted by atomic mass is 10.1. The van der Waals surface area contributed by atoms with Crippen LogP contribution in [0.15, 0.2) is 60.0 Å². The average molecular weight is 400 g/mol. The summed E-state index contributed by atoms with van der Waals surface area (Å²) in [5.74, 6) is -0.918. The molecule has 27 heavy (non-hydrogen) atoms. The van der Waals surface area contributed by atoms with Gasteiger partial charge in [0.15, 0.2) is 6.10 Å². The number of carbonyl (C=O) groups is 2. The number of ether oxygens (including phenoxy) is 1. The fourth-order valence-corrected chi connectivity index (χ4v) is 3.40. The van der Waals surface area contributed by atoms with Crippen molar-refractivity contribution in [3.63, 3.8) is 0 Å². The van der Waals surface area contributed by atoms with Gasteiger partial charge in [-0.1, -0.05) is 41.4 Å². The number of hydrogen-bond donors (Lipinski definition) is 1. The molecule has 0 saturated heterocycles. The van der Waals surface area contributed by atoms with Gasteiger partial charge in [0.25, 0.3) is 5.91 Å². The molecule has 0 bridgehead atoms. The average Bonchev–Trinajstić information content (AvgIpc) is 3.14. The fraction of sp³-hybridized carbons (Fsp3) is 0.143. The van der Waals surface area contributed by atoms with Gasteiger partial charge in [-0.3, -0.25) is 4.79 Å². The highest BCUT2D eigenvalue weighted by molar-refractivity contribution is 7.12. The first-order chi connectivity index (χ1) is 12.9. The van der Waals surface area contributed by atoms with Gasteiger partial charge in [0.05, 0.1) is 0 Å². The summed E-state index contributed by atoms with van der Waals surface area (Å²) in [5, 5.41) is 5.12. The molecule has 0 saturated carbocycles. The van der Waals surface area contributed by atoms with Crippen molar-refractivity contribution in [3.05, 3.63) is 75.4 Å². The largest absolute Gasteiger partial charge is 0.448 e. The first-order valence-electron chi connectivity index (χ1n) is 8.36. The van der Waals surface area contributed by atoms with Crippen LogP contribution in [0.5, 0.6) is 0 Å². The highest BCUT2D eigenvalue weighted by Crippen LogP contribution is 2.29. The van der Waals surface area contributed by atoms with Crippen molar-refractivity contribution in [1.29, 1.82) is 0 Å². The monoisotopic (exact) mass is 399 g/mol. The van der Waals surface area contributed by atoms with Crippen LogP contribution >= 0.6 is 22.9 Å². The predicted octanol–water partition coefficient (Wildman–Crippen LogP) is 5.56. The van der Waals surface area contributed by atoms with Crippen LogP contribution in [0.3, 0.4) is 0 Å². The third-order valence-corrected chi connectivity index (χ3v) is 5.12. The third-order valence-electron chi connectivity index (χ3n) is 3.98. The summed E-state index contributed by atoms with van der Waals surface area (Å²) < 4.78 is 5.37. The van der Waals surface area contributed by atoms with Gasteiger partial charge in [0, 0.05) is 16.3 Å². The fourth-order valence-electron chi connectivity index (χ4n) is 2.47. The summed E-state index contributed by atoms with van der Waals surface area (Å²) in [6.07, 6.45) is -0.929. The molecule has 0 aliphatic carbocycles. The Kier molecular flexibility index (Phi) is 5.94. The van der Waals surface area contributed by atoms with E-state index in [1.54, 1.807) is 31.2 Å². The minimum atomic E-state index is -0.929. The highest BCUT2D eigenvalue weighted by Gasteiger charge is 2.22. The molecule has 0 spiro atoms. The van der Waals surface area contributed by atoms with Crippen LogP contribution in [-0.4, -0.2) is 18.0 Å². The predicted molar refractivity (Wildman–Crippen MR) is 109 cm³/mol. The van der Waals surface area contributed by atoms with Crippen LogP contribution in [0.4, 0.5) is 5.69 Å². The molecule has 1 aromatic heterocycles. The zero-order chi connectivity index (χ0) is 19.4. The lowest BCUT2D eigenvalue weighted by Crippen LogP contribution is -2.29. The Morgan fingerprint density at radius 2 is 1.70 bits per heavy atom. The molecule has 6 heteroatoms. The zero-order valence-electron chi connectivity index (χ0n) is 14.9. The van der Waals surface area contributed by atoms with Gasteiger partial charge in [-0.25, -0.2) is 4.79 Å². The highest BCUT2D eigenvalue weighted by atomic mass is 35.5. The van der Waals surface area contributed by atoms with Gasteiger partial charge in [-0.2, -0.15) is 0 Å². The Bertz CT molecular complexity index is 948. The maximum Gasteiger partial charge on any atom is 0.349 e. The third kappa shape index (κ3) is 4.76. The van der Waals surface area contributed by atoms with E-state index < -0.39 is 18.0 Å². The van der Waals surface area contributed by atoms with E-state index in [9.17, 15) is 9.59 Å². The minimum absolute atomic E-state index is 0.404. The zero-order valence-corrected chi connectivity index (χ0v) is 16.4. The number of esters is 1. The molecule has 1 heterocycles. The number of rotatable bonds is 5. The normalized spacial score (nSPS) is 11.7. The Morgan fingerprint density at radius 1 is 1.04 bits per heavy atom. The van der Waals surface area contributed by atoms with Gasteiger partial charge in [-0.05, 0) is 55.1 Å². The van der Waals surface area contributed by atoms with Gasteiger partial charge in [-0.15, -0.1) is 11.3 Å². The number of anilines is 1. The van der Waals surface area contributed by atoms with Crippen LogP contribution in [-0.2, 0) is 9.53 Å². The van der Waals surface area contributed by atoms with Crippen molar-refractivity contribution < 1.29 is 14.3 Å². The van der Waals surface area contributed by atoms with E-state index in [1.807, 2.05) is 42.6 Å². The summed E-state index contributed by atoms with van der Waals surface area (Å²) in [5.41, 5.74) is 3.47. The maximum absolute atomic E-state index is 12.6. The summed E-state index contributed by atoms with van der Waals surface area (Å²) in [7, 11) is 0. The Morgan fingerprint density at radius 3 is 2.37 bits per heavy atom. The van der Waals surface area contributed by atoms with E-state index in [0.717, 1.165) is 16.7 Å². The Hall–Kier alpha value is -2.63. The van der Waals surface area contributed by atoms with Gasteiger partial charge in [0.2, 0.25) is 0 Å². The molecule has 0 radical (unpaired) electrons. The van der Waals surface area contributed by atoms with Crippen LogP contribution in [0.25, 0.3) is 11.1 Å². The van der Waals surface area contributed by atoms with E-state index in [4.69, 9.17) is 16.3 Å². The summed E-state index contributed by atoms with van der Waals surface area (Å²) in [6.45, 7) is 3.55. The molecule has 2 aromatic carbocycles. The minimum Gasteiger partial charge on any atom is -0.448 e. The van der Waals surface area contributed by atoms with E-state index in [1.165, 1.54) is 11.3 Å². The number of thiophene rings is 1. The van der Waals surface area contributed by atoms with E-state index in [0.29, 0.717) is 15.6 Å². The number of aryl methyl sites for hydroxylation is 1. The molecule has 1 N–H and O–H groups in total. The number of amides is 1. The van der Waals surface area contributed by atoms with Crippen molar-refractivity contribution in [1.82, 2.24) is 0 Å². The summed E-state index contributed by atoms with van der Waals surface area (Å²) in [4.78, 5) is 25.3. The van der Waals surface area contributed by atoms with Crippen LogP contribution in [0.1, 0.15) is 22.2 Å². The lowest BCUT2D eigenvalue weighted by Gasteiger charge is -2.14. The van der Waals surface area contributed by atoms with Crippen molar-refractivity contribution in [2.45, 2.75) is 20.0 Å². The maximum atomic E-state index is 12.6. The first kappa shape index (κ1) is 19.1. The lowest BCUT2D eigenvalue weighted by molar-refractivity contribution is -0.123. The number of halogens is 1. The smallest absolute Gasteiger partial charge is 0.349 e. The second-order valence-corrected chi connectivity index (χ2v) is 7.43. The van der Waals surface area contributed by atoms with Gasteiger partial charge in [0.1, 0.15) is 4.88 Å². The van der Waals surface area contributed by atoms with Crippen LogP contribution in [0.2, 0.25) is 5.02 Å². The summed E-state index contributed by atoms with van der Waals surface area (Å²) >= 11 is 7.12. The molecular weight excluding hydrogens is 382 g/mol. The van der Waals surface area contributed by atoms with Crippen molar-refractivity contribution in [2.24, 2.45) is 0 Å². The van der Waals surface area contributed by atoms with Gasteiger partial charge >= 0.3 is 5.97 Å². The number of nitrogens with one attached hydrogen (secondary N) is 1. The molecule has 3 rings (SSSR count). The Balaban J connectivity index is 1.68. The molecule has 0 aliphatic rings. The number of benzene rings is 2. The SMILES string of the molecule is Cc1ccc(-c2ccsc2C(=O)O[C@H](C)C(=O)Nc2ccc(Cl)cc2)cc1. The molecule has 3 aromatic rings. The van der Waals surface area contributed by atoms with Crippen molar-refractivity contribution in [3.8, 4) is 11.1 Å². The summed E-state index contributed by atoms with van der Waals surface area (Å²) in [6, 6.07) is 16.5. The van der Waals surface area contributed by atoms with E-state index in [-0.39, 0.29) is 0 Å². The van der Waals surface area contributed by atoms with E-state index >= 15 is 0 Å². The number of hydrogen-bond acceptors (Lipinski definition) is 4. The second-order valence-electron chi connectivity index (χ2n) is 6.07. The molecule has 0 unspecified atom stereocenters.